The fourth-order valence-corrected chi connectivity index (χ4v) is 4.20. The number of rotatable bonds is 4. The van der Waals surface area contributed by atoms with Gasteiger partial charge in [0.05, 0.1) is 19.6 Å². The number of sulfonamides is 1. The molecule has 0 radical (unpaired) electrons. The molecule has 1 atom stereocenters. The molecule has 0 bridgehead atoms. The van der Waals surface area contributed by atoms with Crippen molar-refractivity contribution in [1.29, 1.82) is 0 Å². The Hall–Kier alpha value is -1.28. The smallest absolute Gasteiger partial charge is 0.211 e. The van der Waals surface area contributed by atoms with Crippen LogP contribution < -0.4 is 22.0 Å². The molecule has 1 fully saturated rings. The molecule has 1 unspecified atom stereocenters. The van der Waals surface area contributed by atoms with Gasteiger partial charge in [-0.1, -0.05) is 12.1 Å². The second-order valence-corrected chi connectivity index (χ2v) is 8.09. The number of nitrogens with one attached hydrogen (secondary N) is 1. The van der Waals surface area contributed by atoms with E-state index >= 15 is 0 Å². The number of piperidine rings is 1. The van der Waals surface area contributed by atoms with Gasteiger partial charge in [-0.05, 0) is 18.9 Å². The lowest BCUT2D eigenvalue weighted by Crippen LogP contribution is -3.02. The Morgan fingerprint density at radius 1 is 1.21 bits per heavy atom. The lowest BCUT2D eigenvalue weighted by atomic mass is 10.1. The van der Waals surface area contributed by atoms with Crippen molar-refractivity contribution in [3.63, 3.8) is 0 Å². The van der Waals surface area contributed by atoms with E-state index in [9.17, 15) is 8.42 Å². The van der Waals surface area contributed by atoms with Crippen LogP contribution in [0.15, 0.2) is 36.7 Å². The highest BCUT2D eigenvalue weighted by Gasteiger charge is 2.32. The Morgan fingerprint density at radius 2 is 1.88 bits per heavy atom. The van der Waals surface area contributed by atoms with Gasteiger partial charge in [0.1, 0.15) is 6.20 Å². The fourth-order valence-electron chi connectivity index (χ4n) is 3.33. The van der Waals surface area contributed by atoms with Crippen LogP contribution in [0.3, 0.4) is 0 Å². The Morgan fingerprint density at radius 3 is 2.50 bits per heavy atom. The van der Waals surface area contributed by atoms with E-state index in [0.29, 0.717) is 19.1 Å². The molecular weight excluding hydrogens is 350 g/mol. The molecule has 1 aromatic rings. The molecule has 6 nitrogen and oxygen atoms in total. The van der Waals surface area contributed by atoms with Crippen LogP contribution in [0.5, 0.6) is 5.75 Å². The topological polar surface area (TPSA) is 54.3 Å². The summed E-state index contributed by atoms with van der Waals surface area (Å²) in [6.07, 6.45) is 7.30. The lowest BCUT2D eigenvalue weighted by molar-refractivity contribution is -0.778. The van der Waals surface area contributed by atoms with Crippen LogP contribution >= 0.6 is 0 Å². The zero-order chi connectivity index (χ0) is 16.4. The van der Waals surface area contributed by atoms with E-state index in [2.05, 4.69) is 23.4 Å². The molecule has 0 amide bonds. The SMILES string of the molecule is COc1ccccc1[NH+]1C=CN(C2CCN(S(C)(=O)=O)CC2)C1.[Cl-]. The monoisotopic (exact) mass is 373 g/mol. The Balaban J connectivity index is 0.00000208. The predicted octanol–water partition coefficient (Wildman–Crippen LogP) is -2.62. The van der Waals surface area contributed by atoms with Gasteiger partial charge in [-0.2, -0.15) is 0 Å². The Labute approximate surface area is 150 Å². The van der Waals surface area contributed by atoms with Crippen LogP contribution in [0.4, 0.5) is 5.69 Å². The van der Waals surface area contributed by atoms with Crippen molar-refractivity contribution < 1.29 is 30.5 Å². The molecule has 134 valence electrons. The molecule has 0 aliphatic carbocycles. The summed E-state index contributed by atoms with van der Waals surface area (Å²) >= 11 is 0. The van der Waals surface area contributed by atoms with Gasteiger partial charge < -0.3 is 22.0 Å². The molecule has 2 heterocycles. The van der Waals surface area contributed by atoms with E-state index in [1.807, 2.05) is 18.2 Å². The lowest BCUT2D eigenvalue weighted by Gasteiger charge is -2.34. The van der Waals surface area contributed by atoms with E-state index in [0.717, 1.165) is 30.9 Å². The molecule has 2 aliphatic rings. The number of quaternary nitrogens is 1. The van der Waals surface area contributed by atoms with Gasteiger partial charge in [-0.3, -0.25) is 4.90 Å². The Bertz CT molecular complexity index is 688. The number of halogens is 1. The normalized spacial score (nSPS) is 22.4. The quantitative estimate of drug-likeness (QED) is 0.628. The maximum atomic E-state index is 11.6. The van der Waals surface area contributed by atoms with E-state index in [-0.39, 0.29) is 12.4 Å². The fraction of sp³-hybridized carbons (Fsp3) is 0.500. The maximum Gasteiger partial charge on any atom is 0.211 e. The Kier molecular flexibility index (Phi) is 6.14. The van der Waals surface area contributed by atoms with Crippen molar-refractivity contribution in [2.75, 3.05) is 33.1 Å². The van der Waals surface area contributed by atoms with Crippen LogP contribution in [-0.4, -0.2) is 56.8 Å². The highest BCUT2D eigenvalue weighted by Crippen LogP contribution is 2.22. The van der Waals surface area contributed by atoms with Crippen LogP contribution in [0.2, 0.25) is 0 Å². The van der Waals surface area contributed by atoms with E-state index in [1.54, 1.807) is 11.4 Å². The number of benzene rings is 1. The first kappa shape index (κ1) is 19.1. The summed E-state index contributed by atoms with van der Waals surface area (Å²) in [5, 5.41) is 0. The first-order chi connectivity index (χ1) is 11.0. The zero-order valence-corrected chi connectivity index (χ0v) is 15.6. The summed E-state index contributed by atoms with van der Waals surface area (Å²) in [5.74, 6) is 0.890. The molecule has 0 saturated carbocycles. The summed E-state index contributed by atoms with van der Waals surface area (Å²) in [5.41, 5.74) is 1.13. The summed E-state index contributed by atoms with van der Waals surface area (Å²) in [6.45, 7) is 2.07. The van der Waals surface area contributed by atoms with Gasteiger partial charge in [-0.25, -0.2) is 12.7 Å². The zero-order valence-electron chi connectivity index (χ0n) is 14.0. The highest BCUT2D eigenvalue weighted by atomic mass is 35.5. The van der Waals surface area contributed by atoms with Crippen LogP contribution in [0.25, 0.3) is 0 Å². The first-order valence-electron chi connectivity index (χ1n) is 7.87. The summed E-state index contributed by atoms with van der Waals surface area (Å²) in [6, 6.07) is 8.45. The van der Waals surface area contributed by atoms with Gasteiger partial charge in [0, 0.05) is 25.2 Å². The largest absolute Gasteiger partial charge is 1.00 e. The standard InChI is InChI=1S/C16H23N3O3S.ClH/c1-22-16-6-4-3-5-15(16)18-12-11-17(13-18)14-7-9-19(10-8-14)23(2,20)21;/h3-6,11-12,14H,7-10,13H2,1-2H3;1H. The van der Waals surface area contributed by atoms with Crippen molar-refractivity contribution in [3.8, 4) is 5.75 Å². The minimum atomic E-state index is -3.06. The molecule has 1 N–H and O–H groups in total. The number of hydrogen-bond donors (Lipinski definition) is 1. The predicted molar refractivity (Wildman–Crippen MR) is 88.9 cm³/mol. The minimum Gasteiger partial charge on any atom is -1.00 e. The van der Waals surface area contributed by atoms with Gasteiger partial charge in [0.25, 0.3) is 0 Å². The third kappa shape index (κ3) is 4.03. The molecule has 1 saturated heterocycles. The second-order valence-electron chi connectivity index (χ2n) is 6.11. The van der Waals surface area contributed by atoms with E-state index < -0.39 is 10.0 Å². The van der Waals surface area contributed by atoms with E-state index in [1.165, 1.54) is 11.2 Å². The average Bonchev–Trinajstić information content (AvgIpc) is 3.04. The second kappa shape index (κ2) is 7.74. The van der Waals surface area contributed by atoms with Crippen molar-refractivity contribution in [1.82, 2.24) is 9.21 Å². The first-order valence-corrected chi connectivity index (χ1v) is 9.72. The van der Waals surface area contributed by atoms with Crippen molar-refractivity contribution >= 4 is 15.7 Å². The number of ether oxygens (including phenoxy) is 1. The minimum absolute atomic E-state index is 0. The third-order valence-electron chi connectivity index (χ3n) is 4.63. The van der Waals surface area contributed by atoms with Gasteiger partial charge in [0.15, 0.2) is 18.1 Å². The van der Waals surface area contributed by atoms with Gasteiger partial charge in [0.2, 0.25) is 10.0 Å². The molecule has 0 spiro atoms. The molecule has 0 aromatic heterocycles. The number of nitrogens with zero attached hydrogens (tertiary/aromatic N) is 2. The molecule has 2 aliphatic heterocycles. The summed E-state index contributed by atoms with van der Waals surface area (Å²) in [7, 11) is -1.37. The number of hydrogen-bond acceptors (Lipinski definition) is 4. The summed E-state index contributed by atoms with van der Waals surface area (Å²) < 4.78 is 30.2. The number of methoxy groups -OCH3 is 1. The average molecular weight is 374 g/mol. The van der Waals surface area contributed by atoms with Crippen LogP contribution in [0, 0.1) is 0 Å². The molecule has 8 heteroatoms. The van der Waals surface area contributed by atoms with E-state index in [4.69, 9.17) is 4.74 Å². The van der Waals surface area contributed by atoms with Gasteiger partial charge >= 0.3 is 0 Å². The third-order valence-corrected chi connectivity index (χ3v) is 5.94. The van der Waals surface area contributed by atoms with Crippen molar-refractivity contribution in [2.45, 2.75) is 18.9 Å². The summed E-state index contributed by atoms with van der Waals surface area (Å²) in [4.78, 5) is 3.56. The van der Waals surface area contributed by atoms with Crippen molar-refractivity contribution in [3.05, 3.63) is 36.7 Å². The highest BCUT2D eigenvalue weighted by molar-refractivity contribution is 7.88. The number of para-hydroxylation sites is 2. The van der Waals surface area contributed by atoms with Gasteiger partial charge in [-0.15, -0.1) is 0 Å². The molecule has 3 rings (SSSR count). The van der Waals surface area contributed by atoms with Crippen LogP contribution in [0.1, 0.15) is 12.8 Å². The van der Waals surface area contributed by atoms with Crippen LogP contribution in [-0.2, 0) is 10.0 Å². The molecular formula is C16H24ClN3O3S. The molecule has 1 aromatic carbocycles. The molecule has 24 heavy (non-hydrogen) atoms. The maximum absolute atomic E-state index is 11.6. The van der Waals surface area contributed by atoms with Crippen molar-refractivity contribution in [2.24, 2.45) is 0 Å².